The summed E-state index contributed by atoms with van der Waals surface area (Å²) in [7, 11) is 0. The van der Waals surface area contributed by atoms with Crippen molar-refractivity contribution in [3.63, 3.8) is 0 Å². The first-order valence-corrected chi connectivity index (χ1v) is 10.9. The lowest BCUT2D eigenvalue weighted by molar-refractivity contribution is 0.103. The van der Waals surface area contributed by atoms with Crippen molar-refractivity contribution in [2.75, 3.05) is 24.6 Å². The van der Waals surface area contributed by atoms with E-state index in [1.54, 1.807) is 42.6 Å². The highest BCUT2D eigenvalue weighted by atomic mass is 35.5. The molecule has 1 saturated heterocycles. The minimum absolute atomic E-state index is 0.00288. The minimum Gasteiger partial charge on any atom is -0.471 e. The van der Waals surface area contributed by atoms with Gasteiger partial charge in [0.15, 0.2) is 5.78 Å². The second-order valence-corrected chi connectivity index (χ2v) is 8.26. The summed E-state index contributed by atoms with van der Waals surface area (Å²) in [5.74, 6) is 0.366. The van der Waals surface area contributed by atoms with Crippen molar-refractivity contribution in [2.24, 2.45) is 0 Å². The van der Waals surface area contributed by atoms with Crippen molar-refractivity contribution in [3.8, 4) is 5.88 Å². The van der Waals surface area contributed by atoms with Gasteiger partial charge in [0.1, 0.15) is 11.1 Å². The number of hydrogen-bond donors (Lipinski definition) is 1. The maximum Gasteiger partial charge on any atom is 0.232 e. The van der Waals surface area contributed by atoms with Crippen LogP contribution in [0.1, 0.15) is 27.9 Å². The lowest BCUT2D eigenvalue weighted by atomic mass is 9.98. The summed E-state index contributed by atoms with van der Waals surface area (Å²) in [6, 6.07) is 16.0. The average molecular weight is 457 g/mol. The lowest BCUT2D eigenvalue weighted by Gasteiger charge is -2.23. The van der Waals surface area contributed by atoms with Gasteiger partial charge in [-0.15, -0.1) is 0 Å². The first-order valence-electron chi connectivity index (χ1n) is 10.1. The van der Waals surface area contributed by atoms with Gasteiger partial charge in [-0.1, -0.05) is 23.2 Å². The van der Waals surface area contributed by atoms with E-state index in [-0.39, 0.29) is 18.5 Å². The normalized spacial score (nSPS) is 15.8. The first kappa shape index (κ1) is 21.6. The van der Waals surface area contributed by atoms with E-state index in [0.29, 0.717) is 40.0 Å². The second-order valence-electron chi connectivity index (χ2n) is 7.42. The number of carbonyl (C=O) groups excluding carboxylic acids is 1. The Hall–Kier alpha value is -2.60. The van der Waals surface area contributed by atoms with Gasteiger partial charge < -0.3 is 14.7 Å². The number of aromatic nitrogens is 1. The predicted octanol–water partition coefficient (Wildman–Crippen LogP) is 4.81. The quantitative estimate of drug-likeness (QED) is 0.516. The smallest absolute Gasteiger partial charge is 0.232 e. The molecule has 5 nitrogen and oxygen atoms in total. The highest BCUT2D eigenvalue weighted by molar-refractivity contribution is 6.31. The maximum absolute atomic E-state index is 12.9. The maximum atomic E-state index is 12.9. The van der Waals surface area contributed by atoms with Crippen LogP contribution in [0.25, 0.3) is 0 Å². The molecular formula is C24H22Cl2N2O3. The Morgan fingerprint density at radius 2 is 1.90 bits per heavy atom. The van der Waals surface area contributed by atoms with Crippen LogP contribution in [0.2, 0.25) is 10.0 Å². The van der Waals surface area contributed by atoms with Crippen LogP contribution in [0.15, 0.2) is 60.8 Å². The van der Waals surface area contributed by atoms with E-state index >= 15 is 0 Å². The van der Waals surface area contributed by atoms with Crippen molar-refractivity contribution in [2.45, 2.75) is 18.9 Å². The third kappa shape index (κ3) is 5.01. The number of hydrogen-bond acceptors (Lipinski definition) is 5. The molecule has 160 valence electrons. The molecule has 0 radical (unpaired) electrons. The zero-order valence-corrected chi connectivity index (χ0v) is 18.3. The molecule has 1 fully saturated rings. The van der Waals surface area contributed by atoms with Gasteiger partial charge in [0.05, 0.1) is 6.54 Å². The standard InChI is InChI=1S/C24H22Cl2N2O3/c25-19-6-3-16(4-7-19)23(30)18-5-8-22(17(14-18)10-13-29)28-12-9-20(15-28)31-24-21(26)2-1-11-27-24/h1-8,11,14,20,29H,9-10,12-13,15H2. The van der Waals surface area contributed by atoms with Gasteiger partial charge in [-0.05, 0) is 66.6 Å². The molecule has 31 heavy (non-hydrogen) atoms. The van der Waals surface area contributed by atoms with E-state index in [1.165, 1.54) is 0 Å². The largest absolute Gasteiger partial charge is 0.471 e. The number of aliphatic hydroxyl groups excluding tert-OH is 1. The van der Waals surface area contributed by atoms with Crippen LogP contribution in [0.3, 0.4) is 0 Å². The zero-order valence-electron chi connectivity index (χ0n) is 16.8. The Morgan fingerprint density at radius 1 is 1.13 bits per heavy atom. The number of pyridine rings is 1. The monoisotopic (exact) mass is 456 g/mol. The van der Waals surface area contributed by atoms with Crippen LogP contribution in [0.5, 0.6) is 5.88 Å². The number of anilines is 1. The van der Waals surface area contributed by atoms with Crippen molar-refractivity contribution in [1.29, 1.82) is 0 Å². The number of ether oxygens (including phenoxy) is 1. The predicted molar refractivity (Wildman–Crippen MR) is 123 cm³/mol. The molecule has 1 atom stereocenters. The van der Waals surface area contributed by atoms with E-state index in [2.05, 4.69) is 9.88 Å². The molecule has 0 aliphatic carbocycles. The van der Waals surface area contributed by atoms with Crippen LogP contribution in [-0.4, -0.2) is 41.7 Å². The average Bonchev–Trinajstić information content (AvgIpc) is 3.24. The molecule has 1 aromatic heterocycles. The fourth-order valence-electron chi connectivity index (χ4n) is 3.78. The van der Waals surface area contributed by atoms with E-state index in [0.717, 1.165) is 24.2 Å². The molecule has 1 aliphatic rings. The van der Waals surface area contributed by atoms with E-state index in [9.17, 15) is 9.90 Å². The SMILES string of the molecule is O=C(c1ccc(Cl)cc1)c1ccc(N2CCC(Oc3ncccc3Cl)C2)c(CCO)c1. The second kappa shape index (κ2) is 9.69. The van der Waals surface area contributed by atoms with Crippen LogP contribution in [0, 0.1) is 0 Å². The molecule has 0 saturated carbocycles. The lowest BCUT2D eigenvalue weighted by Crippen LogP contribution is -2.26. The van der Waals surface area contributed by atoms with Crippen molar-refractivity contribution >= 4 is 34.7 Å². The van der Waals surface area contributed by atoms with Crippen molar-refractivity contribution in [1.82, 2.24) is 4.98 Å². The third-order valence-corrected chi connectivity index (χ3v) is 5.86. The van der Waals surface area contributed by atoms with Crippen LogP contribution < -0.4 is 9.64 Å². The van der Waals surface area contributed by atoms with E-state index < -0.39 is 0 Å². The molecule has 0 spiro atoms. The van der Waals surface area contributed by atoms with Gasteiger partial charge in [-0.2, -0.15) is 0 Å². The highest BCUT2D eigenvalue weighted by Crippen LogP contribution is 2.30. The molecule has 4 rings (SSSR count). The van der Waals surface area contributed by atoms with Crippen molar-refractivity contribution in [3.05, 3.63) is 87.5 Å². The minimum atomic E-state index is -0.0742. The van der Waals surface area contributed by atoms with Gasteiger partial charge in [0.25, 0.3) is 0 Å². The Kier molecular flexibility index (Phi) is 6.76. The Bertz CT molecular complexity index is 1070. The summed E-state index contributed by atoms with van der Waals surface area (Å²) in [6.45, 7) is 1.48. The Labute approximate surface area is 191 Å². The molecule has 0 bridgehead atoms. The van der Waals surface area contributed by atoms with Gasteiger partial charge in [-0.3, -0.25) is 4.79 Å². The topological polar surface area (TPSA) is 62.7 Å². The number of carbonyl (C=O) groups is 1. The molecule has 1 N–H and O–H groups in total. The molecule has 0 amide bonds. The summed E-state index contributed by atoms with van der Waals surface area (Å²) in [5.41, 5.74) is 3.09. The zero-order chi connectivity index (χ0) is 21.8. The highest BCUT2D eigenvalue weighted by Gasteiger charge is 2.27. The van der Waals surface area contributed by atoms with Gasteiger partial charge in [0.2, 0.25) is 5.88 Å². The number of nitrogens with zero attached hydrogens (tertiary/aromatic N) is 2. The molecule has 7 heteroatoms. The van der Waals surface area contributed by atoms with E-state index in [1.807, 2.05) is 18.2 Å². The van der Waals surface area contributed by atoms with Crippen LogP contribution in [-0.2, 0) is 6.42 Å². The van der Waals surface area contributed by atoms with Crippen LogP contribution >= 0.6 is 23.2 Å². The summed E-state index contributed by atoms with van der Waals surface area (Å²) in [6.07, 6.45) is 2.91. The third-order valence-electron chi connectivity index (χ3n) is 5.32. The summed E-state index contributed by atoms with van der Waals surface area (Å²) in [4.78, 5) is 19.3. The number of benzene rings is 2. The summed E-state index contributed by atoms with van der Waals surface area (Å²) < 4.78 is 5.99. The Balaban J connectivity index is 1.52. The molecule has 1 unspecified atom stereocenters. The fraction of sp³-hybridized carbons (Fsp3) is 0.250. The molecule has 1 aliphatic heterocycles. The Morgan fingerprint density at radius 3 is 2.65 bits per heavy atom. The number of aliphatic hydroxyl groups is 1. The van der Waals surface area contributed by atoms with Crippen molar-refractivity contribution < 1.29 is 14.6 Å². The number of rotatable bonds is 7. The van der Waals surface area contributed by atoms with Gasteiger partial charge in [0, 0.05) is 47.6 Å². The first-order chi connectivity index (χ1) is 15.0. The van der Waals surface area contributed by atoms with Crippen LogP contribution in [0.4, 0.5) is 5.69 Å². The molecule has 2 aromatic carbocycles. The fourth-order valence-corrected chi connectivity index (χ4v) is 4.07. The summed E-state index contributed by atoms with van der Waals surface area (Å²) >= 11 is 12.1. The molecule has 3 aromatic rings. The van der Waals surface area contributed by atoms with Gasteiger partial charge in [-0.25, -0.2) is 4.98 Å². The molecule has 2 heterocycles. The molecular weight excluding hydrogens is 435 g/mol. The summed E-state index contributed by atoms with van der Waals surface area (Å²) in [5, 5.41) is 10.7. The number of ketones is 1. The van der Waals surface area contributed by atoms with E-state index in [4.69, 9.17) is 27.9 Å². The van der Waals surface area contributed by atoms with Gasteiger partial charge >= 0.3 is 0 Å². The number of halogens is 2.